The lowest BCUT2D eigenvalue weighted by Crippen LogP contribution is -2.29. The molecule has 0 radical (unpaired) electrons. The van der Waals surface area contributed by atoms with Crippen LogP contribution in [-0.4, -0.2) is 44.4 Å². The van der Waals surface area contributed by atoms with E-state index in [0.29, 0.717) is 5.88 Å². The molecule has 0 aliphatic carbocycles. The molecule has 1 aromatic rings. The molecule has 0 saturated heterocycles. The number of nitrogens with one attached hydrogen (secondary N) is 1. The summed E-state index contributed by atoms with van der Waals surface area (Å²) in [5.41, 5.74) is 0.0943. The highest BCUT2D eigenvalue weighted by atomic mass is 32.1. The fraction of sp³-hybridized carbons (Fsp3) is 0.769. The van der Waals surface area contributed by atoms with Gasteiger partial charge in [-0.25, -0.2) is 0 Å². The van der Waals surface area contributed by atoms with Gasteiger partial charge in [0.1, 0.15) is 0 Å². The van der Waals surface area contributed by atoms with Gasteiger partial charge in [0.15, 0.2) is 5.13 Å². The van der Waals surface area contributed by atoms with Crippen LogP contribution in [0.4, 0.5) is 5.13 Å². The van der Waals surface area contributed by atoms with Gasteiger partial charge in [-0.1, -0.05) is 25.2 Å². The monoisotopic (exact) mass is 287 g/mol. The smallest absolute Gasteiger partial charge is 0.230 e. The van der Waals surface area contributed by atoms with Crippen LogP contribution in [0.1, 0.15) is 25.1 Å². The van der Waals surface area contributed by atoms with Gasteiger partial charge < -0.3 is 20.1 Å². The molecule has 0 bridgehead atoms. The number of hydrogen-bond donors (Lipinski definition) is 2. The van der Waals surface area contributed by atoms with Gasteiger partial charge in [-0.2, -0.15) is 4.98 Å². The molecule has 19 heavy (non-hydrogen) atoms. The molecule has 0 saturated carbocycles. The zero-order valence-electron chi connectivity index (χ0n) is 12.5. The van der Waals surface area contributed by atoms with Gasteiger partial charge in [0, 0.05) is 33.8 Å². The van der Waals surface area contributed by atoms with Crippen molar-refractivity contribution in [3.05, 3.63) is 4.88 Å². The van der Waals surface area contributed by atoms with Crippen LogP contribution in [0.5, 0.6) is 5.88 Å². The van der Waals surface area contributed by atoms with E-state index in [4.69, 9.17) is 9.84 Å². The van der Waals surface area contributed by atoms with Crippen molar-refractivity contribution < 1.29 is 9.84 Å². The summed E-state index contributed by atoms with van der Waals surface area (Å²) in [7, 11) is 5.59. The number of rotatable bonds is 8. The predicted molar refractivity (Wildman–Crippen MR) is 80.2 cm³/mol. The highest BCUT2D eigenvalue weighted by Gasteiger charge is 2.18. The Bertz CT molecular complexity index is 391. The van der Waals surface area contributed by atoms with Crippen LogP contribution in [0.25, 0.3) is 0 Å². The van der Waals surface area contributed by atoms with Crippen LogP contribution in [0, 0.1) is 5.41 Å². The maximum absolute atomic E-state index is 9.00. The average molecular weight is 287 g/mol. The van der Waals surface area contributed by atoms with Crippen molar-refractivity contribution in [1.29, 1.82) is 0 Å². The van der Waals surface area contributed by atoms with Crippen molar-refractivity contribution in [2.24, 2.45) is 5.41 Å². The Morgan fingerprint density at radius 1 is 1.42 bits per heavy atom. The first-order valence-electron chi connectivity index (χ1n) is 6.42. The summed E-state index contributed by atoms with van der Waals surface area (Å²) in [4.78, 5) is 7.50. The third-order valence-corrected chi connectivity index (χ3v) is 4.11. The molecular formula is C13H25N3O2S. The van der Waals surface area contributed by atoms with Gasteiger partial charge in [-0.3, -0.25) is 0 Å². The minimum Gasteiger partial charge on any atom is -0.480 e. The lowest BCUT2D eigenvalue weighted by atomic mass is 9.90. The van der Waals surface area contributed by atoms with Crippen molar-refractivity contribution in [3.8, 4) is 5.88 Å². The zero-order chi connectivity index (χ0) is 14.5. The first kappa shape index (κ1) is 16.2. The van der Waals surface area contributed by atoms with Crippen LogP contribution in [0.3, 0.4) is 0 Å². The summed E-state index contributed by atoms with van der Waals surface area (Å²) in [5.74, 6) is 0.696. The highest BCUT2D eigenvalue weighted by Crippen LogP contribution is 2.30. The maximum Gasteiger partial charge on any atom is 0.230 e. The Kier molecular flexibility index (Phi) is 6.03. The fourth-order valence-electron chi connectivity index (χ4n) is 1.69. The number of anilines is 1. The molecule has 0 unspecified atom stereocenters. The molecule has 1 aromatic heterocycles. The van der Waals surface area contributed by atoms with Crippen LogP contribution < -0.4 is 15.0 Å². The molecule has 5 nitrogen and oxygen atoms in total. The first-order chi connectivity index (χ1) is 8.89. The number of hydrogen-bond acceptors (Lipinski definition) is 6. The zero-order valence-corrected chi connectivity index (χ0v) is 13.3. The molecule has 0 fully saturated rings. The van der Waals surface area contributed by atoms with E-state index >= 15 is 0 Å². The molecule has 0 amide bonds. The van der Waals surface area contributed by atoms with Crippen LogP contribution in [0.15, 0.2) is 0 Å². The number of aliphatic hydroxyl groups is 1. The van der Waals surface area contributed by atoms with Gasteiger partial charge in [0.2, 0.25) is 5.88 Å². The largest absolute Gasteiger partial charge is 0.480 e. The Hall–Kier alpha value is -0.850. The number of aromatic nitrogens is 1. The highest BCUT2D eigenvalue weighted by molar-refractivity contribution is 7.15. The number of methoxy groups -OCH3 is 1. The molecular weight excluding hydrogens is 262 g/mol. The lowest BCUT2D eigenvalue weighted by molar-refractivity contribution is 0.207. The SMILES string of the molecule is COc1nc(N(C)C)sc1CNCC(C)(C)CCO. The van der Waals surface area contributed by atoms with E-state index in [2.05, 4.69) is 24.1 Å². The van der Waals surface area contributed by atoms with Crippen LogP contribution >= 0.6 is 11.3 Å². The first-order valence-corrected chi connectivity index (χ1v) is 7.24. The fourth-order valence-corrected chi connectivity index (χ4v) is 2.62. The second-order valence-corrected chi connectivity index (χ2v) is 6.63. The van der Waals surface area contributed by atoms with E-state index < -0.39 is 0 Å². The molecule has 110 valence electrons. The molecule has 0 atom stereocenters. The van der Waals surface area contributed by atoms with Crippen molar-refractivity contribution in [3.63, 3.8) is 0 Å². The maximum atomic E-state index is 9.00. The normalized spacial score (nSPS) is 11.7. The van der Waals surface area contributed by atoms with Crippen molar-refractivity contribution in [1.82, 2.24) is 10.3 Å². The average Bonchev–Trinajstić information content (AvgIpc) is 2.72. The Balaban J connectivity index is 2.57. The number of ether oxygens (including phenoxy) is 1. The molecule has 1 heterocycles. The van der Waals surface area contributed by atoms with Gasteiger partial charge in [0.05, 0.1) is 12.0 Å². The van der Waals surface area contributed by atoms with E-state index in [1.54, 1.807) is 18.4 Å². The minimum absolute atomic E-state index is 0.0943. The standard InChI is InChI=1S/C13H25N3O2S/c1-13(2,6-7-17)9-14-8-10-11(18-5)15-12(19-10)16(3)4/h14,17H,6-9H2,1-5H3. The summed E-state index contributed by atoms with van der Waals surface area (Å²) in [5, 5.41) is 13.4. The van der Waals surface area contributed by atoms with Crippen LogP contribution in [-0.2, 0) is 6.54 Å². The second kappa shape index (κ2) is 7.07. The van der Waals surface area contributed by atoms with E-state index in [1.807, 2.05) is 19.0 Å². The predicted octanol–water partition coefficient (Wildman–Crippen LogP) is 1.72. The van der Waals surface area contributed by atoms with Gasteiger partial charge in [-0.05, 0) is 11.8 Å². The van der Waals surface area contributed by atoms with Gasteiger partial charge in [-0.15, -0.1) is 0 Å². The molecule has 0 aliphatic heterocycles. The summed E-state index contributed by atoms with van der Waals surface area (Å²) < 4.78 is 5.30. The number of nitrogens with zero attached hydrogens (tertiary/aromatic N) is 2. The van der Waals surface area contributed by atoms with E-state index in [-0.39, 0.29) is 12.0 Å². The summed E-state index contributed by atoms with van der Waals surface area (Å²) in [6, 6.07) is 0. The van der Waals surface area contributed by atoms with E-state index in [1.165, 1.54) is 0 Å². The quantitative estimate of drug-likeness (QED) is 0.762. The van der Waals surface area contributed by atoms with Crippen molar-refractivity contribution in [2.45, 2.75) is 26.8 Å². The molecule has 1 rings (SSSR count). The minimum atomic E-state index is 0.0943. The molecule has 0 aliphatic rings. The Labute approximate surface area is 119 Å². The third-order valence-electron chi connectivity index (χ3n) is 2.90. The van der Waals surface area contributed by atoms with Crippen molar-refractivity contribution >= 4 is 16.5 Å². The topological polar surface area (TPSA) is 57.6 Å². The summed E-state index contributed by atoms with van der Waals surface area (Å²) >= 11 is 1.63. The van der Waals surface area contributed by atoms with E-state index in [9.17, 15) is 0 Å². The van der Waals surface area contributed by atoms with Crippen LogP contribution in [0.2, 0.25) is 0 Å². The summed E-state index contributed by atoms with van der Waals surface area (Å²) in [6.07, 6.45) is 0.794. The Morgan fingerprint density at radius 3 is 2.63 bits per heavy atom. The lowest BCUT2D eigenvalue weighted by Gasteiger charge is -2.23. The third kappa shape index (κ3) is 4.97. The second-order valence-electron chi connectivity index (χ2n) is 5.56. The van der Waals surface area contributed by atoms with E-state index in [0.717, 1.165) is 29.5 Å². The Morgan fingerprint density at radius 2 is 2.11 bits per heavy atom. The molecule has 6 heteroatoms. The van der Waals surface area contributed by atoms with Crippen molar-refractivity contribution in [2.75, 3.05) is 39.3 Å². The van der Waals surface area contributed by atoms with Gasteiger partial charge in [0.25, 0.3) is 0 Å². The number of thiazole rings is 1. The molecule has 2 N–H and O–H groups in total. The molecule has 0 spiro atoms. The molecule has 0 aromatic carbocycles. The number of aliphatic hydroxyl groups excluding tert-OH is 1. The summed E-state index contributed by atoms with van der Waals surface area (Å²) in [6.45, 7) is 6.11. The van der Waals surface area contributed by atoms with Gasteiger partial charge >= 0.3 is 0 Å².